The maximum absolute atomic E-state index is 5.20. The third kappa shape index (κ3) is 5.62. The minimum absolute atomic E-state index is 0.126. The highest BCUT2D eigenvalue weighted by Gasteiger charge is 2.30. The van der Waals surface area contributed by atoms with E-state index in [-0.39, 0.29) is 6.04 Å². The molecular formula is C40H34N4. The molecule has 0 saturated heterocycles. The van der Waals surface area contributed by atoms with Crippen LogP contribution < -0.4 is 9.91 Å². The lowest BCUT2D eigenvalue weighted by molar-refractivity contribution is 0.709. The van der Waals surface area contributed by atoms with Crippen LogP contribution in [0.2, 0.25) is 0 Å². The molecule has 4 heteroatoms. The summed E-state index contributed by atoms with van der Waals surface area (Å²) >= 11 is 0. The summed E-state index contributed by atoms with van der Waals surface area (Å²) in [5.74, 6) is 0. The Balaban J connectivity index is 1.25. The molecule has 1 aliphatic rings. The number of hydrogen-bond donors (Lipinski definition) is 0. The maximum Gasteiger partial charge on any atom is 0.0831 e. The van der Waals surface area contributed by atoms with Gasteiger partial charge in [0.05, 0.1) is 28.8 Å². The van der Waals surface area contributed by atoms with Crippen LogP contribution in [0.3, 0.4) is 0 Å². The molecule has 4 nitrogen and oxygen atoms in total. The third-order valence-corrected chi connectivity index (χ3v) is 8.24. The van der Waals surface area contributed by atoms with Gasteiger partial charge in [-0.3, -0.25) is 5.01 Å². The molecule has 5 aromatic carbocycles. The molecule has 0 radical (unpaired) electrons. The first-order chi connectivity index (χ1) is 21.6. The summed E-state index contributed by atoms with van der Waals surface area (Å²) in [5, 5.41) is 7.38. The summed E-state index contributed by atoms with van der Waals surface area (Å²) in [6.45, 7) is 0. The summed E-state index contributed by atoms with van der Waals surface area (Å²) in [6, 6.07) is 53.5. The molecule has 1 aliphatic heterocycles. The van der Waals surface area contributed by atoms with Crippen LogP contribution in [0.25, 0.3) is 33.6 Å². The molecule has 0 amide bonds. The molecule has 44 heavy (non-hydrogen) atoms. The maximum atomic E-state index is 5.20. The number of hydrazone groups is 1. The summed E-state index contributed by atoms with van der Waals surface area (Å²) in [4.78, 5) is 7.17. The van der Waals surface area contributed by atoms with Gasteiger partial charge in [0, 0.05) is 37.3 Å². The molecule has 7 rings (SSSR count). The molecule has 0 spiro atoms. The quantitative estimate of drug-likeness (QED) is 0.192. The van der Waals surface area contributed by atoms with Gasteiger partial charge in [0.1, 0.15) is 0 Å². The van der Waals surface area contributed by atoms with Gasteiger partial charge in [-0.1, -0.05) is 115 Å². The molecule has 0 fully saturated rings. The fraction of sp³-hybridized carbons (Fsp3) is 0.100. The van der Waals surface area contributed by atoms with Crippen molar-refractivity contribution in [3.8, 4) is 33.6 Å². The van der Waals surface area contributed by atoms with Crippen LogP contribution in [0.5, 0.6) is 0 Å². The van der Waals surface area contributed by atoms with Gasteiger partial charge in [0.25, 0.3) is 0 Å². The molecule has 0 bridgehead atoms. The Hall–Kier alpha value is -5.48. The Labute approximate surface area is 259 Å². The SMILES string of the molecule is CN(C)c1ccc(C2=NN(c3ccc(-c4cc(-c5ccccc5)nc(-c5ccccc5)c4)cc3)[C@@H](c3ccccc3)C2)cc1. The zero-order valence-corrected chi connectivity index (χ0v) is 25.0. The van der Waals surface area contributed by atoms with Gasteiger partial charge >= 0.3 is 0 Å². The molecule has 2 heterocycles. The van der Waals surface area contributed by atoms with Crippen LogP contribution in [0.4, 0.5) is 11.4 Å². The second-order valence-corrected chi connectivity index (χ2v) is 11.4. The van der Waals surface area contributed by atoms with Gasteiger partial charge in [-0.2, -0.15) is 5.10 Å². The first kappa shape index (κ1) is 27.4. The second kappa shape index (κ2) is 12.0. The first-order valence-electron chi connectivity index (χ1n) is 15.1. The fourth-order valence-electron chi connectivity index (χ4n) is 5.83. The summed E-state index contributed by atoms with van der Waals surface area (Å²) in [6.07, 6.45) is 0.846. The summed E-state index contributed by atoms with van der Waals surface area (Å²) < 4.78 is 0. The van der Waals surface area contributed by atoms with Crippen LogP contribution in [-0.2, 0) is 0 Å². The smallest absolute Gasteiger partial charge is 0.0831 e. The van der Waals surface area contributed by atoms with Crippen molar-refractivity contribution in [3.05, 3.63) is 163 Å². The fourth-order valence-corrected chi connectivity index (χ4v) is 5.83. The van der Waals surface area contributed by atoms with Gasteiger partial charge in [-0.15, -0.1) is 0 Å². The minimum atomic E-state index is 0.126. The van der Waals surface area contributed by atoms with E-state index in [1.165, 1.54) is 11.3 Å². The van der Waals surface area contributed by atoms with Crippen molar-refractivity contribution in [2.45, 2.75) is 12.5 Å². The molecule has 214 valence electrons. The first-order valence-corrected chi connectivity index (χ1v) is 15.1. The average molecular weight is 571 g/mol. The Bertz CT molecular complexity index is 1820. The number of benzene rings is 5. The van der Waals surface area contributed by atoms with E-state index < -0.39 is 0 Å². The molecule has 0 aliphatic carbocycles. The van der Waals surface area contributed by atoms with Gasteiger partial charge in [0.2, 0.25) is 0 Å². The van der Waals surface area contributed by atoms with Crippen LogP contribution in [0.15, 0.2) is 157 Å². The molecule has 1 aromatic heterocycles. The Morgan fingerprint density at radius 1 is 0.545 bits per heavy atom. The van der Waals surface area contributed by atoms with E-state index in [4.69, 9.17) is 10.1 Å². The van der Waals surface area contributed by atoms with Crippen LogP contribution >= 0.6 is 0 Å². The highest BCUT2D eigenvalue weighted by atomic mass is 15.5. The predicted molar refractivity (Wildman–Crippen MR) is 184 cm³/mol. The van der Waals surface area contributed by atoms with Gasteiger partial charge in [-0.25, -0.2) is 4.98 Å². The largest absolute Gasteiger partial charge is 0.378 e. The molecular weight excluding hydrogens is 536 g/mol. The van der Waals surface area contributed by atoms with Crippen molar-refractivity contribution in [2.75, 3.05) is 24.0 Å². The molecule has 6 aromatic rings. The van der Waals surface area contributed by atoms with E-state index in [1.54, 1.807) is 0 Å². The average Bonchev–Trinajstić information content (AvgIpc) is 3.55. The Morgan fingerprint density at radius 2 is 1.07 bits per heavy atom. The van der Waals surface area contributed by atoms with E-state index in [0.717, 1.165) is 57.0 Å². The van der Waals surface area contributed by atoms with E-state index in [0.29, 0.717) is 0 Å². The highest BCUT2D eigenvalue weighted by molar-refractivity contribution is 6.03. The number of pyridine rings is 1. The number of rotatable bonds is 7. The van der Waals surface area contributed by atoms with E-state index in [1.807, 2.05) is 12.1 Å². The number of nitrogens with zero attached hydrogens (tertiary/aromatic N) is 4. The van der Waals surface area contributed by atoms with Crippen molar-refractivity contribution >= 4 is 17.1 Å². The van der Waals surface area contributed by atoms with Crippen molar-refractivity contribution < 1.29 is 0 Å². The van der Waals surface area contributed by atoms with Crippen molar-refractivity contribution in [1.82, 2.24) is 4.98 Å². The zero-order chi connectivity index (χ0) is 29.9. The van der Waals surface area contributed by atoms with Crippen molar-refractivity contribution in [3.63, 3.8) is 0 Å². The lowest BCUT2D eigenvalue weighted by Crippen LogP contribution is -2.18. The van der Waals surface area contributed by atoms with Gasteiger partial charge in [-0.05, 0) is 58.7 Å². The van der Waals surface area contributed by atoms with E-state index in [9.17, 15) is 0 Å². The Kier molecular flexibility index (Phi) is 7.47. The highest BCUT2D eigenvalue weighted by Crippen LogP contribution is 2.38. The number of hydrogen-bond acceptors (Lipinski definition) is 4. The monoisotopic (exact) mass is 570 g/mol. The predicted octanol–water partition coefficient (Wildman–Crippen LogP) is 9.50. The lowest BCUT2D eigenvalue weighted by atomic mass is 9.97. The topological polar surface area (TPSA) is 31.7 Å². The molecule has 1 atom stereocenters. The van der Waals surface area contributed by atoms with Gasteiger partial charge in [0.15, 0.2) is 0 Å². The summed E-state index contributed by atoms with van der Waals surface area (Å²) in [5.41, 5.74) is 12.2. The van der Waals surface area contributed by atoms with E-state index >= 15 is 0 Å². The van der Waals surface area contributed by atoms with Crippen LogP contribution in [0, 0.1) is 0 Å². The van der Waals surface area contributed by atoms with Gasteiger partial charge < -0.3 is 4.90 Å². The normalized spacial score (nSPS) is 14.4. The zero-order valence-electron chi connectivity index (χ0n) is 25.0. The summed E-state index contributed by atoms with van der Waals surface area (Å²) in [7, 11) is 4.13. The van der Waals surface area contributed by atoms with Crippen molar-refractivity contribution in [2.24, 2.45) is 5.10 Å². The molecule has 0 saturated carbocycles. The third-order valence-electron chi connectivity index (χ3n) is 8.24. The minimum Gasteiger partial charge on any atom is -0.378 e. The number of aromatic nitrogens is 1. The molecule has 0 N–H and O–H groups in total. The lowest BCUT2D eigenvalue weighted by Gasteiger charge is -2.24. The Morgan fingerprint density at radius 3 is 1.61 bits per heavy atom. The van der Waals surface area contributed by atoms with Crippen LogP contribution in [-0.4, -0.2) is 24.8 Å². The second-order valence-electron chi connectivity index (χ2n) is 11.4. The number of anilines is 2. The van der Waals surface area contributed by atoms with E-state index in [2.05, 4.69) is 164 Å². The van der Waals surface area contributed by atoms with Crippen molar-refractivity contribution in [1.29, 1.82) is 0 Å². The standard InChI is InChI=1S/C40H34N4/c1-43(2)35-22-20-32(21-23-35)39-28-40(33-16-10-5-11-17-33)44(42-39)36-24-18-29(19-25-36)34-26-37(30-12-6-3-7-13-30)41-38(27-34)31-14-8-4-9-15-31/h3-27,40H,28H2,1-2H3/t40-/m1/s1. The molecule has 0 unspecified atom stereocenters. The van der Waals surface area contributed by atoms with Crippen LogP contribution in [0.1, 0.15) is 23.6 Å².